The third kappa shape index (κ3) is 3.54. The fourth-order valence-corrected chi connectivity index (χ4v) is 3.45. The van der Waals surface area contributed by atoms with E-state index in [1.54, 1.807) is 6.07 Å². The maximum atomic E-state index is 12.5. The van der Waals surface area contributed by atoms with Gasteiger partial charge in [-0.3, -0.25) is 4.79 Å². The van der Waals surface area contributed by atoms with E-state index in [4.69, 9.17) is 16.0 Å². The number of furan rings is 1. The van der Waals surface area contributed by atoms with Gasteiger partial charge in [0.2, 0.25) is 0 Å². The van der Waals surface area contributed by atoms with Crippen molar-refractivity contribution in [3.63, 3.8) is 0 Å². The minimum atomic E-state index is -0.122. The summed E-state index contributed by atoms with van der Waals surface area (Å²) < 4.78 is 5.74. The third-order valence-electron chi connectivity index (χ3n) is 4.57. The lowest BCUT2D eigenvalue weighted by molar-refractivity contribution is 0.0884. The smallest absolute Gasteiger partial charge is 0.287 e. The minimum Gasteiger partial charge on any atom is -0.451 e. The van der Waals surface area contributed by atoms with Crippen LogP contribution in [0, 0.1) is 6.92 Å². The number of carbonyl (C=O) groups is 1. The van der Waals surface area contributed by atoms with Gasteiger partial charge in [0.1, 0.15) is 5.58 Å². The molecule has 3 rings (SSSR count). The first-order valence-corrected chi connectivity index (χ1v) is 8.68. The van der Waals surface area contributed by atoms with Gasteiger partial charge in [0.25, 0.3) is 5.91 Å². The first-order chi connectivity index (χ1) is 11.1. The van der Waals surface area contributed by atoms with Crippen molar-refractivity contribution in [2.45, 2.75) is 39.2 Å². The number of hydrogen-bond donors (Lipinski definition) is 1. The summed E-state index contributed by atoms with van der Waals surface area (Å²) in [6, 6.07) is 5.66. The normalized spacial score (nSPS) is 16.8. The molecule has 0 spiro atoms. The Morgan fingerprint density at radius 3 is 2.83 bits per heavy atom. The van der Waals surface area contributed by atoms with Crippen LogP contribution in [-0.2, 0) is 0 Å². The van der Waals surface area contributed by atoms with Crippen molar-refractivity contribution in [3.05, 3.63) is 34.5 Å². The molecule has 1 saturated heterocycles. The van der Waals surface area contributed by atoms with E-state index in [1.807, 2.05) is 19.1 Å². The Hall–Kier alpha value is -1.52. The summed E-state index contributed by atoms with van der Waals surface area (Å²) in [5.41, 5.74) is 1.55. The second-order valence-electron chi connectivity index (χ2n) is 6.29. The van der Waals surface area contributed by atoms with Gasteiger partial charge in [-0.25, -0.2) is 0 Å². The Labute approximate surface area is 141 Å². The van der Waals surface area contributed by atoms with Crippen LogP contribution in [-0.4, -0.2) is 36.5 Å². The molecule has 1 fully saturated rings. The van der Waals surface area contributed by atoms with Crippen LogP contribution in [0.15, 0.2) is 22.6 Å². The number of hydrogen-bond acceptors (Lipinski definition) is 3. The Morgan fingerprint density at radius 2 is 2.13 bits per heavy atom. The lowest BCUT2D eigenvalue weighted by atomic mass is 10.0. The number of carbonyl (C=O) groups excluding carboxylic acids is 1. The van der Waals surface area contributed by atoms with Crippen molar-refractivity contribution < 1.29 is 9.21 Å². The second kappa shape index (κ2) is 6.93. The summed E-state index contributed by atoms with van der Waals surface area (Å²) in [5, 5.41) is 4.67. The molecule has 23 heavy (non-hydrogen) atoms. The number of amides is 1. The average Bonchev–Trinajstić information content (AvgIpc) is 2.86. The number of piperidine rings is 1. The molecule has 5 heteroatoms. The van der Waals surface area contributed by atoms with Crippen LogP contribution in [0.5, 0.6) is 0 Å². The highest BCUT2D eigenvalue weighted by molar-refractivity contribution is 6.31. The van der Waals surface area contributed by atoms with Crippen LogP contribution in [0.4, 0.5) is 0 Å². The molecule has 1 aliphatic heterocycles. The van der Waals surface area contributed by atoms with E-state index in [9.17, 15) is 4.79 Å². The summed E-state index contributed by atoms with van der Waals surface area (Å²) in [6.07, 6.45) is 3.17. The lowest BCUT2D eigenvalue weighted by Gasteiger charge is -2.31. The average molecular weight is 335 g/mol. The third-order valence-corrected chi connectivity index (χ3v) is 4.80. The quantitative estimate of drug-likeness (QED) is 0.919. The van der Waals surface area contributed by atoms with Crippen LogP contribution in [0.3, 0.4) is 0 Å². The highest BCUT2D eigenvalue weighted by Gasteiger charge is 2.24. The SMILES string of the molecule is CCCN1CCC(NC(=O)c2oc3ccc(Cl)cc3c2C)CC1. The molecular weight excluding hydrogens is 312 g/mol. The number of likely N-dealkylation sites (tertiary alicyclic amines) is 1. The number of aryl methyl sites for hydroxylation is 1. The molecule has 1 amide bonds. The van der Waals surface area contributed by atoms with Gasteiger partial charge in [-0.05, 0) is 50.9 Å². The van der Waals surface area contributed by atoms with Gasteiger partial charge >= 0.3 is 0 Å². The van der Waals surface area contributed by atoms with Crippen LogP contribution in [0.2, 0.25) is 5.02 Å². The predicted octanol–water partition coefficient (Wildman–Crippen LogP) is 4.00. The molecule has 0 aliphatic carbocycles. The Kier molecular flexibility index (Phi) is 4.93. The standard InChI is InChI=1S/C18H23ClN2O2/c1-3-8-21-9-6-14(7-10-21)20-18(22)17-12(2)15-11-13(19)4-5-16(15)23-17/h4-5,11,14H,3,6-10H2,1-2H3,(H,20,22). The van der Waals surface area contributed by atoms with Crippen molar-refractivity contribution in [2.24, 2.45) is 0 Å². The fraction of sp³-hybridized carbons (Fsp3) is 0.500. The van der Waals surface area contributed by atoms with Crippen LogP contribution in [0.1, 0.15) is 42.3 Å². The number of halogens is 1. The van der Waals surface area contributed by atoms with Gasteiger partial charge in [-0.1, -0.05) is 18.5 Å². The molecule has 0 saturated carbocycles. The molecule has 2 aromatic rings. The molecule has 2 heterocycles. The molecule has 0 radical (unpaired) electrons. The van der Waals surface area contributed by atoms with Gasteiger partial charge in [0.15, 0.2) is 5.76 Å². The summed E-state index contributed by atoms with van der Waals surface area (Å²) in [7, 11) is 0. The molecule has 1 aliphatic rings. The Balaban J connectivity index is 1.68. The van der Waals surface area contributed by atoms with E-state index in [0.29, 0.717) is 16.4 Å². The van der Waals surface area contributed by atoms with Crippen molar-refractivity contribution in [1.29, 1.82) is 0 Å². The van der Waals surface area contributed by atoms with E-state index in [-0.39, 0.29) is 11.9 Å². The first kappa shape index (κ1) is 16.3. The maximum absolute atomic E-state index is 12.5. The van der Waals surface area contributed by atoms with Gasteiger partial charge in [-0.15, -0.1) is 0 Å². The number of benzene rings is 1. The summed E-state index contributed by atoms with van der Waals surface area (Å²) in [5.74, 6) is 0.280. The predicted molar refractivity (Wildman–Crippen MR) is 93.2 cm³/mol. The highest BCUT2D eigenvalue weighted by atomic mass is 35.5. The largest absolute Gasteiger partial charge is 0.451 e. The Bertz CT molecular complexity index is 702. The van der Waals surface area contributed by atoms with Gasteiger partial charge in [0.05, 0.1) is 0 Å². The van der Waals surface area contributed by atoms with Gasteiger partial charge in [-0.2, -0.15) is 0 Å². The fourth-order valence-electron chi connectivity index (χ4n) is 3.28. The number of nitrogens with zero attached hydrogens (tertiary/aromatic N) is 1. The van der Waals surface area contributed by atoms with Gasteiger partial charge in [0, 0.05) is 35.1 Å². The lowest BCUT2D eigenvalue weighted by Crippen LogP contribution is -2.44. The summed E-state index contributed by atoms with van der Waals surface area (Å²) in [4.78, 5) is 15.0. The van der Waals surface area contributed by atoms with Gasteiger partial charge < -0.3 is 14.6 Å². The van der Waals surface area contributed by atoms with Crippen molar-refractivity contribution in [2.75, 3.05) is 19.6 Å². The van der Waals surface area contributed by atoms with E-state index in [0.717, 1.165) is 43.4 Å². The van der Waals surface area contributed by atoms with Crippen LogP contribution >= 0.6 is 11.6 Å². The maximum Gasteiger partial charge on any atom is 0.287 e. The molecule has 1 aromatic heterocycles. The van der Waals surface area contributed by atoms with Crippen LogP contribution < -0.4 is 5.32 Å². The zero-order chi connectivity index (χ0) is 16.4. The van der Waals surface area contributed by atoms with E-state index in [1.165, 1.54) is 6.42 Å². The number of fused-ring (bicyclic) bond motifs is 1. The molecular formula is C18H23ClN2O2. The van der Waals surface area contributed by atoms with E-state index < -0.39 is 0 Å². The molecule has 1 N–H and O–H groups in total. The first-order valence-electron chi connectivity index (χ1n) is 8.30. The van der Waals surface area contributed by atoms with Crippen molar-refractivity contribution >= 4 is 28.5 Å². The summed E-state index contributed by atoms with van der Waals surface area (Å²) >= 11 is 6.03. The molecule has 124 valence electrons. The van der Waals surface area contributed by atoms with Crippen molar-refractivity contribution in [3.8, 4) is 0 Å². The van der Waals surface area contributed by atoms with E-state index in [2.05, 4.69) is 17.1 Å². The zero-order valence-corrected chi connectivity index (χ0v) is 14.4. The molecule has 0 unspecified atom stereocenters. The van der Waals surface area contributed by atoms with Crippen LogP contribution in [0.25, 0.3) is 11.0 Å². The molecule has 0 atom stereocenters. The number of nitrogens with one attached hydrogen (secondary N) is 1. The minimum absolute atomic E-state index is 0.122. The monoisotopic (exact) mass is 334 g/mol. The van der Waals surface area contributed by atoms with Crippen molar-refractivity contribution in [1.82, 2.24) is 10.2 Å². The zero-order valence-electron chi connectivity index (χ0n) is 13.7. The number of rotatable bonds is 4. The van der Waals surface area contributed by atoms with E-state index >= 15 is 0 Å². The second-order valence-corrected chi connectivity index (χ2v) is 6.72. The molecule has 1 aromatic carbocycles. The Morgan fingerprint density at radius 1 is 1.39 bits per heavy atom. The molecule has 0 bridgehead atoms. The summed E-state index contributed by atoms with van der Waals surface area (Å²) in [6.45, 7) is 7.34. The topological polar surface area (TPSA) is 45.5 Å². The highest BCUT2D eigenvalue weighted by Crippen LogP contribution is 2.28. The molecule has 4 nitrogen and oxygen atoms in total.